The van der Waals surface area contributed by atoms with Gasteiger partial charge in [0.05, 0.1) is 5.02 Å². The van der Waals surface area contributed by atoms with E-state index in [4.69, 9.17) is 22.1 Å². The molecule has 0 spiro atoms. The molecule has 6 heteroatoms. The number of fused-ring (bicyclic) bond motifs is 1. The SMILES string of the molecule is Nc1ccc(Oc2ccc(F)c(Cl)c2)c2ncc(Br)cc12. The zero-order valence-electron chi connectivity index (χ0n) is 10.6. The lowest BCUT2D eigenvalue weighted by molar-refractivity contribution is 0.485. The molecule has 2 aromatic carbocycles. The van der Waals surface area contributed by atoms with Crippen LogP contribution in [0.3, 0.4) is 0 Å². The number of halogens is 3. The maximum atomic E-state index is 13.2. The number of hydrogen-bond donors (Lipinski definition) is 1. The zero-order chi connectivity index (χ0) is 15.0. The van der Waals surface area contributed by atoms with Crippen LogP contribution < -0.4 is 10.5 Å². The standard InChI is InChI=1S/C15H9BrClFN2O/c16-8-5-10-13(19)3-4-14(15(10)20-7-8)21-9-1-2-12(18)11(17)6-9/h1-7H,19H2. The van der Waals surface area contributed by atoms with Gasteiger partial charge in [0.2, 0.25) is 0 Å². The van der Waals surface area contributed by atoms with Gasteiger partial charge in [-0.25, -0.2) is 4.39 Å². The number of pyridine rings is 1. The van der Waals surface area contributed by atoms with Crippen molar-refractivity contribution in [3.63, 3.8) is 0 Å². The first-order chi connectivity index (χ1) is 10.0. The summed E-state index contributed by atoms with van der Waals surface area (Å²) in [6.45, 7) is 0. The molecule has 21 heavy (non-hydrogen) atoms. The van der Waals surface area contributed by atoms with Crippen LogP contribution in [0.4, 0.5) is 10.1 Å². The summed E-state index contributed by atoms with van der Waals surface area (Å²) in [6.07, 6.45) is 1.66. The first kappa shape index (κ1) is 14.1. The van der Waals surface area contributed by atoms with Crippen molar-refractivity contribution in [1.29, 1.82) is 0 Å². The van der Waals surface area contributed by atoms with Crippen molar-refractivity contribution in [3.05, 3.63) is 57.9 Å². The van der Waals surface area contributed by atoms with Gasteiger partial charge in [0.25, 0.3) is 0 Å². The van der Waals surface area contributed by atoms with Crippen molar-refractivity contribution in [2.75, 3.05) is 5.73 Å². The Morgan fingerprint density at radius 1 is 1.19 bits per heavy atom. The van der Waals surface area contributed by atoms with Crippen molar-refractivity contribution in [3.8, 4) is 11.5 Å². The molecule has 0 atom stereocenters. The molecule has 0 fully saturated rings. The van der Waals surface area contributed by atoms with Gasteiger partial charge < -0.3 is 10.5 Å². The lowest BCUT2D eigenvalue weighted by Crippen LogP contribution is -1.93. The third kappa shape index (κ3) is 2.80. The number of aromatic nitrogens is 1. The van der Waals surface area contributed by atoms with E-state index in [2.05, 4.69) is 20.9 Å². The molecule has 0 aliphatic rings. The van der Waals surface area contributed by atoms with Gasteiger partial charge in [-0.15, -0.1) is 0 Å². The van der Waals surface area contributed by atoms with Crippen LogP contribution in [-0.2, 0) is 0 Å². The monoisotopic (exact) mass is 366 g/mol. The van der Waals surface area contributed by atoms with E-state index < -0.39 is 5.82 Å². The van der Waals surface area contributed by atoms with Crippen LogP contribution in [0.15, 0.2) is 47.1 Å². The number of hydrogen-bond acceptors (Lipinski definition) is 3. The Hall–Kier alpha value is -1.85. The van der Waals surface area contributed by atoms with Gasteiger partial charge in [0.15, 0.2) is 5.75 Å². The molecule has 0 unspecified atom stereocenters. The van der Waals surface area contributed by atoms with Crippen molar-refractivity contribution in [2.45, 2.75) is 0 Å². The Bertz CT molecular complexity index is 841. The molecule has 0 saturated carbocycles. The summed E-state index contributed by atoms with van der Waals surface area (Å²) in [4.78, 5) is 4.32. The maximum absolute atomic E-state index is 13.2. The molecule has 0 aliphatic heterocycles. The summed E-state index contributed by atoms with van der Waals surface area (Å²) >= 11 is 9.10. The van der Waals surface area contributed by atoms with Gasteiger partial charge in [-0.2, -0.15) is 0 Å². The molecule has 1 heterocycles. The Kier molecular flexibility index (Phi) is 3.69. The van der Waals surface area contributed by atoms with Gasteiger partial charge in [0.1, 0.15) is 17.1 Å². The third-order valence-electron chi connectivity index (χ3n) is 2.93. The number of nitrogens with zero attached hydrogens (tertiary/aromatic N) is 1. The molecule has 0 radical (unpaired) electrons. The molecule has 1 aromatic heterocycles. The van der Waals surface area contributed by atoms with E-state index in [1.165, 1.54) is 18.2 Å². The van der Waals surface area contributed by atoms with E-state index in [-0.39, 0.29) is 5.02 Å². The first-order valence-corrected chi connectivity index (χ1v) is 7.18. The highest BCUT2D eigenvalue weighted by Gasteiger charge is 2.09. The lowest BCUT2D eigenvalue weighted by atomic mass is 10.1. The molecule has 0 aliphatic carbocycles. The molecule has 3 aromatic rings. The van der Waals surface area contributed by atoms with Crippen molar-refractivity contribution >= 4 is 44.1 Å². The number of anilines is 1. The molecule has 0 bridgehead atoms. The van der Waals surface area contributed by atoms with Crippen LogP contribution in [0, 0.1) is 5.82 Å². The molecule has 3 nitrogen and oxygen atoms in total. The van der Waals surface area contributed by atoms with Crippen LogP contribution >= 0.6 is 27.5 Å². The molecular formula is C15H9BrClFN2O. The van der Waals surface area contributed by atoms with Gasteiger partial charge in [-0.05, 0) is 46.3 Å². The normalized spacial score (nSPS) is 10.8. The minimum Gasteiger partial charge on any atom is -0.455 e. The van der Waals surface area contributed by atoms with Crippen molar-refractivity contribution in [1.82, 2.24) is 4.98 Å². The molecular weight excluding hydrogens is 359 g/mol. The number of nitrogen functional groups attached to an aromatic ring is 1. The smallest absolute Gasteiger partial charge is 0.153 e. The zero-order valence-corrected chi connectivity index (χ0v) is 13.0. The van der Waals surface area contributed by atoms with Gasteiger partial charge in [0, 0.05) is 27.8 Å². The minimum absolute atomic E-state index is 0.00274. The van der Waals surface area contributed by atoms with E-state index in [0.717, 1.165) is 9.86 Å². The predicted molar refractivity (Wildman–Crippen MR) is 85.3 cm³/mol. The summed E-state index contributed by atoms with van der Waals surface area (Å²) in [5, 5.41) is 0.776. The van der Waals surface area contributed by atoms with Gasteiger partial charge >= 0.3 is 0 Å². The number of nitrogens with two attached hydrogens (primary N) is 1. The van der Waals surface area contributed by atoms with Gasteiger partial charge in [-0.1, -0.05) is 11.6 Å². The fourth-order valence-electron chi connectivity index (χ4n) is 1.94. The minimum atomic E-state index is -0.492. The van der Waals surface area contributed by atoms with E-state index in [9.17, 15) is 4.39 Å². The predicted octanol–water partition coefficient (Wildman–Crippen LogP) is 5.16. The second-order valence-corrected chi connectivity index (χ2v) is 5.70. The highest BCUT2D eigenvalue weighted by Crippen LogP contribution is 2.34. The van der Waals surface area contributed by atoms with Gasteiger partial charge in [-0.3, -0.25) is 4.98 Å². The topological polar surface area (TPSA) is 48.1 Å². The molecule has 106 valence electrons. The molecule has 0 saturated heterocycles. The van der Waals surface area contributed by atoms with Crippen LogP contribution in [-0.4, -0.2) is 4.98 Å². The fraction of sp³-hybridized carbons (Fsp3) is 0. The summed E-state index contributed by atoms with van der Waals surface area (Å²) in [7, 11) is 0. The van der Waals surface area contributed by atoms with E-state index in [1.54, 1.807) is 18.3 Å². The van der Waals surface area contributed by atoms with E-state index in [1.807, 2.05) is 6.07 Å². The number of rotatable bonds is 2. The number of benzene rings is 2. The molecule has 0 amide bonds. The molecule has 2 N–H and O–H groups in total. The molecule has 3 rings (SSSR count). The Balaban J connectivity index is 2.08. The summed E-state index contributed by atoms with van der Waals surface area (Å²) in [5.74, 6) is 0.458. The largest absolute Gasteiger partial charge is 0.455 e. The highest BCUT2D eigenvalue weighted by molar-refractivity contribution is 9.10. The average Bonchev–Trinajstić information content (AvgIpc) is 2.46. The summed E-state index contributed by atoms with van der Waals surface area (Å²) in [5.41, 5.74) is 7.17. The van der Waals surface area contributed by atoms with Crippen molar-refractivity contribution in [2.24, 2.45) is 0 Å². The highest BCUT2D eigenvalue weighted by atomic mass is 79.9. The van der Waals surface area contributed by atoms with E-state index in [0.29, 0.717) is 22.7 Å². The quantitative estimate of drug-likeness (QED) is 0.636. The average molecular weight is 368 g/mol. The van der Waals surface area contributed by atoms with E-state index >= 15 is 0 Å². The summed E-state index contributed by atoms with van der Waals surface area (Å²) in [6, 6.07) is 9.48. The van der Waals surface area contributed by atoms with Crippen LogP contribution in [0.25, 0.3) is 10.9 Å². The van der Waals surface area contributed by atoms with Crippen LogP contribution in [0.1, 0.15) is 0 Å². The Morgan fingerprint density at radius 2 is 2.00 bits per heavy atom. The summed E-state index contributed by atoms with van der Waals surface area (Å²) < 4.78 is 19.7. The lowest BCUT2D eigenvalue weighted by Gasteiger charge is -2.10. The fourth-order valence-corrected chi connectivity index (χ4v) is 2.44. The van der Waals surface area contributed by atoms with Crippen molar-refractivity contribution < 1.29 is 9.13 Å². The Labute approximate surface area is 133 Å². The Morgan fingerprint density at radius 3 is 2.76 bits per heavy atom. The second-order valence-electron chi connectivity index (χ2n) is 4.38. The van der Waals surface area contributed by atoms with Crippen LogP contribution in [0.2, 0.25) is 5.02 Å². The first-order valence-electron chi connectivity index (χ1n) is 6.01. The van der Waals surface area contributed by atoms with Crippen LogP contribution in [0.5, 0.6) is 11.5 Å². The number of ether oxygens (including phenoxy) is 1. The second kappa shape index (κ2) is 5.50. The maximum Gasteiger partial charge on any atom is 0.153 e. The third-order valence-corrected chi connectivity index (χ3v) is 3.66.